The lowest BCUT2D eigenvalue weighted by molar-refractivity contribution is -0.117. The highest BCUT2D eigenvalue weighted by molar-refractivity contribution is 7.92. The normalized spacial score (nSPS) is 17.7. The lowest BCUT2D eigenvalue weighted by Crippen LogP contribution is -2.35. The molecule has 21 heavy (non-hydrogen) atoms. The highest BCUT2D eigenvalue weighted by Crippen LogP contribution is 2.34. The minimum absolute atomic E-state index is 0.00585. The zero-order valence-corrected chi connectivity index (χ0v) is 12.4. The van der Waals surface area contributed by atoms with E-state index in [4.69, 9.17) is 10.3 Å². The third-order valence-electron chi connectivity index (χ3n) is 3.30. The largest absolute Gasteiger partial charge is 0.369 e. The fraction of sp³-hybridized carbons (Fsp3) is 0.538. The Morgan fingerprint density at radius 3 is 2.81 bits per heavy atom. The van der Waals surface area contributed by atoms with Crippen LogP contribution in [0.25, 0.3) is 5.83 Å². The number of sulfone groups is 1. The number of aromatic nitrogens is 1. The maximum atomic E-state index is 13.7. The first kappa shape index (κ1) is 15.7. The van der Waals surface area contributed by atoms with Crippen molar-refractivity contribution >= 4 is 21.6 Å². The van der Waals surface area contributed by atoms with Crippen LogP contribution in [0.5, 0.6) is 0 Å². The Kier molecular flexibility index (Phi) is 4.46. The third kappa shape index (κ3) is 4.38. The van der Waals surface area contributed by atoms with Crippen LogP contribution in [0.15, 0.2) is 16.7 Å². The van der Waals surface area contributed by atoms with E-state index >= 15 is 0 Å². The summed E-state index contributed by atoms with van der Waals surface area (Å²) in [4.78, 5) is 11.1. The number of hydrogen-bond acceptors (Lipinski definition) is 5. The Balaban J connectivity index is 2.00. The molecular weight excluding hydrogens is 299 g/mol. The quantitative estimate of drug-likeness (QED) is 0.814. The fourth-order valence-electron chi connectivity index (χ4n) is 1.94. The van der Waals surface area contributed by atoms with E-state index in [-0.39, 0.29) is 24.5 Å². The summed E-state index contributed by atoms with van der Waals surface area (Å²) >= 11 is 0. The number of allylic oxidation sites excluding steroid dienone is 1. The summed E-state index contributed by atoms with van der Waals surface area (Å²) in [5.74, 6) is -1.08. The minimum Gasteiger partial charge on any atom is -0.369 e. The van der Waals surface area contributed by atoms with Crippen LogP contribution in [-0.2, 0) is 21.1 Å². The Labute approximate surface area is 122 Å². The van der Waals surface area contributed by atoms with Gasteiger partial charge >= 0.3 is 0 Å². The molecule has 0 spiro atoms. The Bertz CT molecular complexity index is 661. The maximum Gasteiger partial charge on any atom is 0.235 e. The van der Waals surface area contributed by atoms with Crippen LogP contribution in [-0.4, -0.2) is 31.0 Å². The maximum absolute atomic E-state index is 13.7. The van der Waals surface area contributed by atoms with Gasteiger partial charge in [0.25, 0.3) is 0 Å². The van der Waals surface area contributed by atoms with Gasteiger partial charge in [-0.1, -0.05) is 5.16 Å². The van der Waals surface area contributed by atoms with Crippen molar-refractivity contribution in [1.82, 2.24) is 5.16 Å². The number of amides is 1. The number of rotatable bonds is 7. The van der Waals surface area contributed by atoms with Gasteiger partial charge in [-0.3, -0.25) is 4.79 Å². The molecule has 1 fully saturated rings. The predicted octanol–water partition coefficient (Wildman–Crippen LogP) is 1.23. The molecule has 8 heteroatoms. The summed E-state index contributed by atoms with van der Waals surface area (Å²) < 4.78 is 41.4. The van der Waals surface area contributed by atoms with Crippen molar-refractivity contribution in [3.05, 3.63) is 23.6 Å². The van der Waals surface area contributed by atoms with E-state index in [1.807, 2.05) is 0 Å². The van der Waals surface area contributed by atoms with Crippen molar-refractivity contribution in [2.45, 2.75) is 30.9 Å². The highest BCUT2D eigenvalue weighted by Gasteiger charge is 2.27. The Morgan fingerprint density at radius 2 is 2.29 bits per heavy atom. The molecule has 1 aliphatic rings. The van der Waals surface area contributed by atoms with Crippen LogP contribution in [0, 0.1) is 5.92 Å². The van der Waals surface area contributed by atoms with Gasteiger partial charge in [-0.05, 0) is 37.7 Å². The number of hydrogen-bond donors (Lipinski definition) is 1. The van der Waals surface area contributed by atoms with Gasteiger partial charge in [0.2, 0.25) is 5.91 Å². The molecule has 1 aromatic rings. The van der Waals surface area contributed by atoms with Gasteiger partial charge in [0.1, 0.15) is 5.25 Å². The lowest BCUT2D eigenvalue weighted by atomic mass is 10.1. The highest BCUT2D eigenvalue weighted by atomic mass is 32.2. The fourth-order valence-corrected chi connectivity index (χ4v) is 2.91. The summed E-state index contributed by atoms with van der Waals surface area (Å²) in [5, 5.41) is 2.40. The average molecular weight is 316 g/mol. The third-order valence-corrected chi connectivity index (χ3v) is 4.80. The smallest absolute Gasteiger partial charge is 0.235 e. The molecule has 1 amide bonds. The van der Waals surface area contributed by atoms with Crippen LogP contribution < -0.4 is 5.73 Å². The van der Waals surface area contributed by atoms with Crippen LogP contribution in [0.3, 0.4) is 0 Å². The zero-order chi connectivity index (χ0) is 15.6. The number of nitrogens with zero attached hydrogens (tertiary/aromatic N) is 1. The van der Waals surface area contributed by atoms with E-state index in [1.165, 1.54) is 12.1 Å². The van der Waals surface area contributed by atoms with Crippen molar-refractivity contribution < 1.29 is 22.1 Å². The van der Waals surface area contributed by atoms with Crippen molar-refractivity contribution in [2.75, 3.05) is 6.26 Å². The lowest BCUT2D eigenvalue weighted by Gasteiger charge is -2.09. The number of halogens is 1. The Morgan fingerprint density at radius 1 is 1.62 bits per heavy atom. The van der Waals surface area contributed by atoms with Gasteiger partial charge in [0.15, 0.2) is 21.4 Å². The molecule has 0 bridgehead atoms. The van der Waals surface area contributed by atoms with E-state index in [0.29, 0.717) is 5.69 Å². The molecule has 1 saturated carbocycles. The molecule has 1 unspecified atom stereocenters. The number of carbonyl (C=O) groups is 1. The van der Waals surface area contributed by atoms with Crippen molar-refractivity contribution in [3.63, 3.8) is 0 Å². The van der Waals surface area contributed by atoms with Crippen molar-refractivity contribution in [1.29, 1.82) is 0 Å². The summed E-state index contributed by atoms with van der Waals surface area (Å²) in [6.07, 6.45) is 4.56. The number of nitrogens with two attached hydrogens (primary N) is 1. The molecule has 2 N–H and O–H groups in total. The standard InChI is InChI=1S/C13H17FN2O4S/c1-21(18,19)12(13(15)17)5-4-9-7-11(20-16-9)10(14)6-8-2-3-8/h6-8,12H,2-5H2,1H3,(H2,15,17)/b10-6-. The summed E-state index contributed by atoms with van der Waals surface area (Å²) in [5.41, 5.74) is 5.46. The van der Waals surface area contributed by atoms with Crippen LogP contribution in [0.2, 0.25) is 0 Å². The molecule has 2 rings (SSSR count). The molecule has 6 nitrogen and oxygen atoms in total. The van der Waals surface area contributed by atoms with Gasteiger partial charge in [-0.25, -0.2) is 12.8 Å². The summed E-state index contributed by atoms with van der Waals surface area (Å²) in [7, 11) is -3.57. The molecule has 0 aliphatic heterocycles. The molecule has 0 aromatic carbocycles. The van der Waals surface area contributed by atoms with Crippen LogP contribution >= 0.6 is 0 Å². The van der Waals surface area contributed by atoms with Gasteiger partial charge < -0.3 is 10.3 Å². The minimum atomic E-state index is -3.57. The monoisotopic (exact) mass is 316 g/mol. The molecule has 1 aliphatic carbocycles. The first-order valence-corrected chi connectivity index (χ1v) is 8.54. The SMILES string of the molecule is CS(=O)(=O)C(CCc1cc(/C(F)=C/C2CC2)on1)C(N)=O. The summed E-state index contributed by atoms with van der Waals surface area (Å²) in [6, 6.07) is 1.41. The molecule has 116 valence electrons. The van der Waals surface area contributed by atoms with Gasteiger partial charge in [-0.2, -0.15) is 0 Å². The van der Waals surface area contributed by atoms with Gasteiger partial charge in [0, 0.05) is 12.3 Å². The van der Waals surface area contributed by atoms with E-state index < -0.39 is 26.8 Å². The van der Waals surface area contributed by atoms with Crippen LogP contribution in [0.1, 0.15) is 30.7 Å². The second-order valence-corrected chi connectivity index (χ2v) is 7.52. The van der Waals surface area contributed by atoms with Crippen molar-refractivity contribution in [3.8, 4) is 0 Å². The van der Waals surface area contributed by atoms with E-state index in [1.54, 1.807) is 0 Å². The van der Waals surface area contributed by atoms with Crippen molar-refractivity contribution in [2.24, 2.45) is 11.7 Å². The first-order chi connectivity index (χ1) is 9.77. The van der Waals surface area contributed by atoms with E-state index in [2.05, 4.69) is 5.16 Å². The first-order valence-electron chi connectivity index (χ1n) is 6.59. The summed E-state index contributed by atoms with van der Waals surface area (Å²) in [6.45, 7) is 0. The molecule has 1 atom stereocenters. The Hall–Kier alpha value is -1.70. The number of primary amides is 1. The zero-order valence-electron chi connectivity index (χ0n) is 11.6. The predicted molar refractivity (Wildman–Crippen MR) is 74.5 cm³/mol. The molecule has 1 heterocycles. The number of carbonyl (C=O) groups excluding carboxylic acids is 1. The average Bonchev–Trinajstić information content (AvgIpc) is 3.03. The topological polar surface area (TPSA) is 103 Å². The molecule has 1 aromatic heterocycles. The van der Waals surface area contributed by atoms with Gasteiger partial charge in [0.05, 0.1) is 5.69 Å². The molecule has 0 saturated heterocycles. The number of aryl methyl sites for hydroxylation is 1. The molecular formula is C13H17FN2O4S. The van der Waals surface area contributed by atoms with Gasteiger partial charge in [-0.15, -0.1) is 0 Å². The van der Waals surface area contributed by atoms with Crippen LogP contribution in [0.4, 0.5) is 4.39 Å². The second kappa shape index (κ2) is 5.97. The van der Waals surface area contributed by atoms with E-state index in [0.717, 1.165) is 19.1 Å². The second-order valence-electron chi connectivity index (χ2n) is 5.29. The van der Waals surface area contributed by atoms with E-state index in [9.17, 15) is 17.6 Å². The molecule has 0 radical (unpaired) electrons.